The number of amides is 2. The standard InChI is InChI=1S/C22H24N2O5/c1-14-7-8-19(15(2)9-14)23-20(25)13-29-22(27)16-10-21(26)24(12-16)17-5-4-6-18(11-17)28-3/h4-9,11,16H,10,12-13H2,1-3H3,(H,23,25)/t16-/m1/s1. The lowest BCUT2D eigenvalue weighted by atomic mass is 10.1. The second-order valence-electron chi connectivity index (χ2n) is 7.08. The van der Waals surface area contributed by atoms with Crippen LogP contribution in [0.5, 0.6) is 5.75 Å². The molecular formula is C22H24N2O5. The maximum Gasteiger partial charge on any atom is 0.311 e. The highest BCUT2D eigenvalue weighted by molar-refractivity contribution is 6.00. The van der Waals surface area contributed by atoms with Crippen LogP contribution >= 0.6 is 0 Å². The van der Waals surface area contributed by atoms with Gasteiger partial charge in [-0.2, -0.15) is 0 Å². The number of nitrogens with one attached hydrogen (secondary N) is 1. The predicted octanol–water partition coefficient (Wildman–Crippen LogP) is 2.85. The smallest absolute Gasteiger partial charge is 0.311 e. The SMILES string of the molecule is COc1cccc(N2C[C@H](C(=O)OCC(=O)Nc3ccc(C)cc3C)CC2=O)c1. The largest absolute Gasteiger partial charge is 0.497 e. The number of hydrogen-bond acceptors (Lipinski definition) is 5. The Balaban J connectivity index is 1.54. The van der Waals surface area contributed by atoms with E-state index in [4.69, 9.17) is 9.47 Å². The molecule has 2 aromatic carbocycles. The van der Waals surface area contributed by atoms with E-state index in [2.05, 4.69) is 5.32 Å². The van der Waals surface area contributed by atoms with Crippen molar-refractivity contribution < 1.29 is 23.9 Å². The first-order valence-corrected chi connectivity index (χ1v) is 9.35. The Hall–Kier alpha value is -3.35. The monoisotopic (exact) mass is 396 g/mol. The summed E-state index contributed by atoms with van der Waals surface area (Å²) in [6.07, 6.45) is 0.0503. The van der Waals surface area contributed by atoms with Gasteiger partial charge < -0.3 is 19.7 Å². The Bertz CT molecular complexity index is 941. The third kappa shape index (κ3) is 4.93. The van der Waals surface area contributed by atoms with Crippen LogP contribution in [0, 0.1) is 19.8 Å². The highest BCUT2D eigenvalue weighted by Crippen LogP contribution is 2.28. The van der Waals surface area contributed by atoms with Gasteiger partial charge in [0.1, 0.15) is 5.75 Å². The van der Waals surface area contributed by atoms with Gasteiger partial charge in [0.05, 0.1) is 13.0 Å². The van der Waals surface area contributed by atoms with Crippen LogP contribution in [0.4, 0.5) is 11.4 Å². The summed E-state index contributed by atoms with van der Waals surface area (Å²) in [5.41, 5.74) is 3.37. The fourth-order valence-electron chi connectivity index (χ4n) is 3.29. The van der Waals surface area contributed by atoms with Gasteiger partial charge in [-0.1, -0.05) is 23.8 Å². The first-order chi connectivity index (χ1) is 13.9. The minimum atomic E-state index is -0.609. The molecule has 152 valence electrons. The van der Waals surface area contributed by atoms with Crippen molar-refractivity contribution in [2.45, 2.75) is 20.3 Å². The van der Waals surface area contributed by atoms with Crippen LogP contribution in [0.2, 0.25) is 0 Å². The second-order valence-corrected chi connectivity index (χ2v) is 7.08. The third-order valence-corrected chi connectivity index (χ3v) is 4.82. The molecular weight excluding hydrogens is 372 g/mol. The molecule has 0 unspecified atom stereocenters. The molecule has 1 aliphatic rings. The lowest BCUT2D eigenvalue weighted by Crippen LogP contribution is -2.28. The second kappa shape index (κ2) is 8.77. The molecule has 1 saturated heterocycles. The number of rotatable bonds is 6. The van der Waals surface area contributed by atoms with Crippen molar-refractivity contribution in [3.05, 3.63) is 53.6 Å². The topological polar surface area (TPSA) is 84.9 Å². The summed E-state index contributed by atoms with van der Waals surface area (Å²) in [4.78, 5) is 38.3. The molecule has 0 saturated carbocycles. The lowest BCUT2D eigenvalue weighted by molar-refractivity contribution is -0.151. The van der Waals surface area contributed by atoms with Crippen molar-refractivity contribution in [3.63, 3.8) is 0 Å². The van der Waals surface area contributed by atoms with Crippen LogP contribution in [0.3, 0.4) is 0 Å². The van der Waals surface area contributed by atoms with E-state index in [-0.39, 0.29) is 18.9 Å². The molecule has 29 heavy (non-hydrogen) atoms. The molecule has 3 rings (SSSR count). The number of nitrogens with zero attached hydrogens (tertiary/aromatic N) is 1. The Morgan fingerprint density at radius 2 is 1.97 bits per heavy atom. The lowest BCUT2D eigenvalue weighted by Gasteiger charge is -2.17. The zero-order valence-corrected chi connectivity index (χ0v) is 16.7. The van der Waals surface area contributed by atoms with E-state index in [0.717, 1.165) is 11.1 Å². The molecule has 0 spiro atoms. The summed E-state index contributed by atoms with van der Waals surface area (Å²) in [7, 11) is 1.55. The molecule has 7 nitrogen and oxygen atoms in total. The average Bonchev–Trinajstić information content (AvgIpc) is 3.10. The number of aryl methyl sites for hydroxylation is 2. The molecule has 0 aliphatic carbocycles. The van der Waals surface area contributed by atoms with Gasteiger partial charge in [0.2, 0.25) is 5.91 Å². The van der Waals surface area contributed by atoms with E-state index < -0.39 is 24.4 Å². The number of carbonyl (C=O) groups is 3. The van der Waals surface area contributed by atoms with E-state index in [0.29, 0.717) is 17.1 Å². The van der Waals surface area contributed by atoms with Crippen molar-refractivity contribution in [2.24, 2.45) is 5.92 Å². The first kappa shape index (κ1) is 20.4. The Morgan fingerprint density at radius 1 is 1.17 bits per heavy atom. The number of hydrogen-bond donors (Lipinski definition) is 1. The summed E-state index contributed by atoms with van der Waals surface area (Å²) >= 11 is 0. The van der Waals surface area contributed by atoms with Gasteiger partial charge in [0, 0.05) is 30.4 Å². The molecule has 2 aromatic rings. The predicted molar refractivity (Wildman–Crippen MR) is 109 cm³/mol. The van der Waals surface area contributed by atoms with Crippen molar-refractivity contribution in [1.82, 2.24) is 0 Å². The molecule has 1 heterocycles. The van der Waals surface area contributed by atoms with Crippen LogP contribution < -0.4 is 15.0 Å². The molecule has 0 radical (unpaired) electrons. The van der Waals surface area contributed by atoms with Gasteiger partial charge in [0.25, 0.3) is 5.91 Å². The van der Waals surface area contributed by atoms with Gasteiger partial charge in [-0.15, -0.1) is 0 Å². The van der Waals surface area contributed by atoms with Crippen LogP contribution in [-0.2, 0) is 19.1 Å². The van der Waals surface area contributed by atoms with Crippen LogP contribution in [-0.4, -0.2) is 38.0 Å². The van der Waals surface area contributed by atoms with E-state index in [1.54, 1.807) is 31.4 Å². The first-order valence-electron chi connectivity index (χ1n) is 9.35. The fourth-order valence-corrected chi connectivity index (χ4v) is 3.29. The highest BCUT2D eigenvalue weighted by Gasteiger charge is 2.36. The zero-order valence-electron chi connectivity index (χ0n) is 16.7. The van der Waals surface area contributed by atoms with Crippen molar-refractivity contribution in [2.75, 3.05) is 30.5 Å². The molecule has 1 N–H and O–H groups in total. The zero-order chi connectivity index (χ0) is 21.0. The van der Waals surface area contributed by atoms with Gasteiger partial charge in [0.15, 0.2) is 6.61 Å². The van der Waals surface area contributed by atoms with E-state index in [9.17, 15) is 14.4 Å². The van der Waals surface area contributed by atoms with Crippen LogP contribution in [0.15, 0.2) is 42.5 Å². The summed E-state index contributed by atoms with van der Waals surface area (Å²) in [6.45, 7) is 3.68. The minimum absolute atomic E-state index is 0.0503. The van der Waals surface area contributed by atoms with Gasteiger partial charge in [-0.05, 0) is 37.6 Å². The molecule has 1 fully saturated rings. The maximum atomic E-state index is 12.4. The number of methoxy groups -OCH3 is 1. The Labute approximate surface area is 169 Å². The Kier molecular flexibility index (Phi) is 6.16. The number of ether oxygens (including phenoxy) is 2. The number of esters is 1. The molecule has 7 heteroatoms. The molecule has 2 amide bonds. The van der Waals surface area contributed by atoms with Gasteiger partial charge >= 0.3 is 5.97 Å². The normalized spacial score (nSPS) is 15.9. The Morgan fingerprint density at radius 3 is 2.69 bits per heavy atom. The average molecular weight is 396 g/mol. The van der Waals surface area contributed by atoms with Gasteiger partial charge in [-0.3, -0.25) is 14.4 Å². The fraction of sp³-hybridized carbons (Fsp3) is 0.318. The summed E-state index contributed by atoms with van der Waals surface area (Å²) in [5.74, 6) is -1.12. The molecule has 1 atom stereocenters. The van der Waals surface area contributed by atoms with Crippen molar-refractivity contribution >= 4 is 29.2 Å². The van der Waals surface area contributed by atoms with Crippen LogP contribution in [0.25, 0.3) is 0 Å². The number of carbonyl (C=O) groups excluding carboxylic acids is 3. The van der Waals surface area contributed by atoms with Crippen molar-refractivity contribution in [3.8, 4) is 5.75 Å². The summed E-state index contributed by atoms with van der Waals surface area (Å²) < 4.78 is 10.3. The summed E-state index contributed by atoms with van der Waals surface area (Å²) in [6, 6.07) is 12.8. The van der Waals surface area contributed by atoms with E-state index in [1.165, 1.54) is 4.90 Å². The van der Waals surface area contributed by atoms with E-state index in [1.807, 2.05) is 32.0 Å². The molecule has 0 aromatic heterocycles. The van der Waals surface area contributed by atoms with Crippen LogP contribution in [0.1, 0.15) is 17.5 Å². The quantitative estimate of drug-likeness (QED) is 0.759. The maximum absolute atomic E-state index is 12.4. The van der Waals surface area contributed by atoms with Crippen molar-refractivity contribution in [1.29, 1.82) is 0 Å². The highest BCUT2D eigenvalue weighted by atomic mass is 16.5. The molecule has 0 bridgehead atoms. The number of benzene rings is 2. The van der Waals surface area contributed by atoms with Gasteiger partial charge in [-0.25, -0.2) is 0 Å². The van der Waals surface area contributed by atoms with E-state index >= 15 is 0 Å². The summed E-state index contributed by atoms with van der Waals surface area (Å²) in [5, 5.41) is 2.73. The third-order valence-electron chi connectivity index (χ3n) is 4.82. The minimum Gasteiger partial charge on any atom is -0.497 e. The number of anilines is 2. The molecule has 1 aliphatic heterocycles.